The molecule has 0 atom stereocenters. The molecule has 0 aliphatic heterocycles. The zero-order valence-electron chi connectivity index (χ0n) is 16.6. The third kappa shape index (κ3) is 18.7. The number of hydrogen-bond donors (Lipinski definition) is 0. The van der Waals surface area contributed by atoms with Crippen molar-refractivity contribution in [2.24, 2.45) is 0 Å². The highest BCUT2D eigenvalue weighted by Gasteiger charge is 2.05. The molecule has 0 unspecified atom stereocenters. The van der Waals surface area contributed by atoms with E-state index in [1.807, 2.05) is 0 Å². The number of esters is 3. The maximum Gasteiger partial charge on any atom is 0.333 e. The van der Waals surface area contributed by atoms with Crippen LogP contribution in [0.15, 0.2) is 36.5 Å². The molecule has 0 aliphatic carbocycles. The molecule has 6 nitrogen and oxygen atoms in total. The summed E-state index contributed by atoms with van der Waals surface area (Å²) in [6, 6.07) is 0. The van der Waals surface area contributed by atoms with E-state index in [2.05, 4.69) is 45.1 Å². The Morgan fingerprint density at radius 3 is 1.30 bits per heavy atom. The van der Waals surface area contributed by atoms with Gasteiger partial charge in [-0.15, -0.1) is 0 Å². The molecule has 7 heteroatoms. The van der Waals surface area contributed by atoms with Crippen LogP contribution in [0.2, 0.25) is 0 Å². The topological polar surface area (TPSA) is 78.9 Å². The zero-order valence-corrected chi connectivity index (χ0v) is 18.2. The first-order valence-corrected chi connectivity index (χ1v) is 9.79. The largest absolute Gasteiger partial charge is 0.462 e. The Bertz CT molecular complexity index is 497. The normalized spacial score (nSPS) is 9.33. The van der Waals surface area contributed by atoms with E-state index in [1.54, 1.807) is 20.8 Å². The molecule has 0 aliphatic rings. The van der Waals surface area contributed by atoms with Crippen LogP contribution in [0, 0.1) is 0 Å². The van der Waals surface area contributed by atoms with Gasteiger partial charge < -0.3 is 14.2 Å². The van der Waals surface area contributed by atoms with Gasteiger partial charge in [0.05, 0.1) is 6.61 Å². The van der Waals surface area contributed by atoms with E-state index < -0.39 is 11.9 Å². The second kappa shape index (κ2) is 17.5. The van der Waals surface area contributed by atoms with E-state index in [0.717, 1.165) is 18.2 Å². The van der Waals surface area contributed by atoms with E-state index in [1.165, 1.54) is 12.8 Å². The summed E-state index contributed by atoms with van der Waals surface area (Å²) in [5.74, 6) is -1.26. The Morgan fingerprint density at radius 1 is 0.630 bits per heavy atom. The molecule has 0 amide bonds. The molecule has 0 radical (unpaired) electrons. The Balaban J connectivity index is 0. The molecule has 0 aromatic carbocycles. The molecule has 0 bridgehead atoms. The van der Waals surface area contributed by atoms with Crippen LogP contribution < -0.4 is 0 Å². The zero-order chi connectivity index (χ0) is 21.2. The first-order chi connectivity index (χ1) is 12.6. The second-order valence-corrected chi connectivity index (χ2v) is 6.64. The van der Waals surface area contributed by atoms with Gasteiger partial charge in [-0.3, -0.25) is 0 Å². The first-order valence-electron chi connectivity index (χ1n) is 8.67. The molecule has 0 aromatic rings. The molecule has 0 N–H and O–H groups in total. The number of ether oxygens (including phenoxy) is 3. The van der Waals surface area contributed by atoms with E-state index >= 15 is 0 Å². The molecule has 0 spiro atoms. The van der Waals surface area contributed by atoms with Crippen molar-refractivity contribution in [1.29, 1.82) is 0 Å². The summed E-state index contributed by atoms with van der Waals surface area (Å²) in [5, 5.41) is 1.05. The second-order valence-electron chi connectivity index (χ2n) is 5.85. The molecule has 0 rings (SSSR count). The van der Waals surface area contributed by atoms with Crippen molar-refractivity contribution < 1.29 is 28.6 Å². The van der Waals surface area contributed by atoms with Gasteiger partial charge in [-0.1, -0.05) is 48.5 Å². The van der Waals surface area contributed by atoms with Crippen molar-refractivity contribution in [3.63, 3.8) is 0 Å². The lowest BCUT2D eigenvalue weighted by Crippen LogP contribution is -2.14. The number of carbonyl (C=O) groups is 3. The molecular weight excluding hydrogens is 416 g/mol. The summed E-state index contributed by atoms with van der Waals surface area (Å²) in [7, 11) is 0. The van der Waals surface area contributed by atoms with Gasteiger partial charge in [0.1, 0.15) is 13.2 Å². The van der Waals surface area contributed by atoms with Crippen LogP contribution in [0.25, 0.3) is 0 Å². The molecule has 0 saturated heterocycles. The molecule has 0 saturated carbocycles. The quantitative estimate of drug-likeness (QED) is 0.146. The predicted molar refractivity (Wildman–Crippen MR) is 110 cm³/mol. The maximum absolute atomic E-state index is 10.9. The van der Waals surface area contributed by atoms with Gasteiger partial charge in [0, 0.05) is 22.0 Å². The van der Waals surface area contributed by atoms with Gasteiger partial charge >= 0.3 is 17.9 Å². The highest BCUT2D eigenvalue weighted by atomic mass is 79.9. The molecule has 27 heavy (non-hydrogen) atoms. The fourth-order valence-corrected chi connectivity index (χ4v) is 1.75. The molecule has 0 aromatic heterocycles. The van der Waals surface area contributed by atoms with E-state index in [9.17, 15) is 14.4 Å². The maximum atomic E-state index is 10.9. The fourth-order valence-electron chi connectivity index (χ4n) is 1.35. The predicted octanol–water partition coefficient (Wildman–Crippen LogP) is 4.29. The lowest BCUT2D eigenvalue weighted by atomic mass is 10.2. The summed E-state index contributed by atoms with van der Waals surface area (Å²) in [6.45, 7) is 15.6. The highest BCUT2D eigenvalue weighted by molar-refractivity contribution is 9.09. The summed E-state index contributed by atoms with van der Waals surface area (Å²) >= 11 is 3.36. The number of unbranched alkanes of at least 4 members (excludes halogenated alkanes) is 3. The number of alkyl halides is 1. The minimum atomic E-state index is -0.489. The Morgan fingerprint density at radius 2 is 0.963 bits per heavy atom. The van der Waals surface area contributed by atoms with Gasteiger partial charge in [-0.25, -0.2) is 14.4 Å². The minimum Gasteiger partial charge on any atom is -0.462 e. The van der Waals surface area contributed by atoms with E-state index in [0.29, 0.717) is 23.3 Å². The Kier molecular flexibility index (Phi) is 17.7. The highest BCUT2D eigenvalue weighted by Crippen LogP contribution is 2.03. The third-order valence-corrected chi connectivity index (χ3v) is 3.42. The van der Waals surface area contributed by atoms with Crippen molar-refractivity contribution >= 4 is 33.8 Å². The summed E-state index contributed by atoms with van der Waals surface area (Å²) < 4.78 is 14.3. The van der Waals surface area contributed by atoms with Crippen molar-refractivity contribution in [1.82, 2.24) is 0 Å². The van der Waals surface area contributed by atoms with Gasteiger partial charge in [0.15, 0.2) is 0 Å². The summed E-state index contributed by atoms with van der Waals surface area (Å²) in [6.07, 6.45) is 4.45. The number of halogens is 1. The monoisotopic (exact) mass is 446 g/mol. The first kappa shape index (κ1) is 27.3. The number of hydrogen-bond acceptors (Lipinski definition) is 6. The van der Waals surface area contributed by atoms with Crippen LogP contribution in [0.5, 0.6) is 0 Å². The number of carbonyl (C=O) groups excluding carboxylic acids is 3. The fraction of sp³-hybridized carbons (Fsp3) is 0.550. The van der Waals surface area contributed by atoms with Crippen LogP contribution >= 0.6 is 15.9 Å². The standard InChI is InChI=1S/C10H17BrO2.C10H14O4/c1-9(2)10(12)13-8-6-4-3-5-7-11;1-7(2)9(11)13-5-6-14-10(12)8(3)4/h1,3-8H2,2H3;1,3,5-6H2,2,4H3. The van der Waals surface area contributed by atoms with Crippen LogP contribution in [0.3, 0.4) is 0 Å². The van der Waals surface area contributed by atoms with Crippen molar-refractivity contribution in [3.05, 3.63) is 36.5 Å². The van der Waals surface area contributed by atoms with Gasteiger partial charge in [-0.05, 0) is 33.6 Å². The SMILES string of the molecule is C=C(C)C(=O)OCCCCCCBr.C=C(C)C(=O)OCCOC(=O)C(=C)C. The number of rotatable bonds is 12. The van der Waals surface area contributed by atoms with Crippen molar-refractivity contribution in [2.75, 3.05) is 25.2 Å². The minimum absolute atomic E-state index is 0.0325. The Hall–Kier alpha value is -1.89. The van der Waals surface area contributed by atoms with Crippen LogP contribution in [-0.4, -0.2) is 43.1 Å². The molecule has 0 heterocycles. The van der Waals surface area contributed by atoms with Gasteiger partial charge in [-0.2, -0.15) is 0 Å². The van der Waals surface area contributed by atoms with Crippen LogP contribution in [0.4, 0.5) is 0 Å². The third-order valence-electron chi connectivity index (χ3n) is 2.86. The Labute approximate surface area is 170 Å². The van der Waals surface area contributed by atoms with E-state index in [4.69, 9.17) is 4.74 Å². The summed E-state index contributed by atoms with van der Waals surface area (Å²) in [5.41, 5.74) is 1.10. The smallest absolute Gasteiger partial charge is 0.333 e. The lowest BCUT2D eigenvalue weighted by molar-refractivity contribution is -0.147. The van der Waals surface area contributed by atoms with Crippen LogP contribution in [-0.2, 0) is 28.6 Å². The molecule has 154 valence electrons. The van der Waals surface area contributed by atoms with Crippen LogP contribution in [0.1, 0.15) is 46.5 Å². The van der Waals surface area contributed by atoms with Crippen molar-refractivity contribution in [2.45, 2.75) is 46.5 Å². The average Bonchev–Trinajstić information content (AvgIpc) is 2.61. The lowest BCUT2D eigenvalue weighted by Gasteiger charge is -2.05. The average molecular weight is 447 g/mol. The van der Waals surface area contributed by atoms with Gasteiger partial charge in [0.2, 0.25) is 0 Å². The summed E-state index contributed by atoms with van der Waals surface area (Å²) in [4.78, 5) is 32.6. The van der Waals surface area contributed by atoms with Gasteiger partial charge in [0.25, 0.3) is 0 Å². The molecule has 0 fully saturated rings. The molecular formula is C20H31BrO6. The van der Waals surface area contributed by atoms with Crippen molar-refractivity contribution in [3.8, 4) is 0 Å². The van der Waals surface area contributed by atoms with E-state index in [-0.39, 0.29) is 19.2 Å².